The number of hydrogen-bond acceptors (Lipinski definition) is 8. The number of nitrogens with zero attached hydrogens (tertiary/aromatic N) is 1. The molecule has 1 heterocycles. The van der Waals surface area contributed by atoms with Crippen LogP contribution in [0.1, 0.15) is 56.0 Å². The van der Waals surface area contributed by atoms with Crippen LogP contribution in [0.15, 0.2) is 24.3 Å². The number of ether oxygens (including phenoxy) is 4. The molecule has 2 aromatic rings. The van der Waals surface area contributed by atoms with Gasteiger partial charge in [0.25, 0.3) is 0 Å². The molecule has 0 N–H and O–H groups in total. The smallest absolute Gasteiger partial charge is 0.338 e. The number of benzene rings is 2. The van der Waals surface area contributed by atoms with Crippen molar-refractivity contribution in [2.45, 2.75) is 45.6 Å². The summed E-state index contributed by atoms with van der Waals surface area (Å²) in [6, 6.07) is 5.12. The van der Waals surface area contributed by atoms with E-state index in [1.165, 1.54) is 18.2 Å². The summed E-state index contributed by atoms with van der Waals surface area (Å²) in [5.41, 5.74) is -0.829. The highest BCUT2D eigenvalue weighted by molar-refractivity contribution is 6.38. The fourth-order valence-corrected chi connectivity index (χ4v) is 3.95. The Morgan fingerprint density at radius 1 is 1.24 bits per heavy atom. The summed E-state index contributed by atoms with van der Waals surface area (Å²) in [5, 5.41) is 11.7. The number of rotatable bonds is 6. The minimum Gasteiger partial charge on any atom is -0.492 e. The van der Waals surface area contributed by atoms with E-state index in [0.29, 0.717) is 12.0 Å². The molecule has 0 radical (unpaired) electrons. The molecule has 0 spiro atoms. The first kappa shape index (κ1) is 25.6. The van der Waals surface area contributed by atoms with Gasteiger partial charge in [0, 0.05) is 11.6 Å². The van der Waals surface area contributed by atoms with Crippen molar-refractivity contribution in [1.29, 1.82) is 0 Å². The van der Waals surface area contributed by atoms with Gasteiger partial charge in [0.05, 0.1) is 34.6 Å². The highest BCUT2D eigenvalue weighted by Crippen LogP contribution is 2.49. The van der Waals surface area contributed by atoms with Gasteiger partial charge < -0.3 is 18.9 Å². The predicted molar refractivity (Wildman–Crippen MR) is 124 cm³/mol. The molecular weight excluding hydrogens is 489 g/mol. The third-order valence-electron chi connectivity index (χ3n) is 4.76. The number of halogens is 2. The average Bonchev–Trinajstić information content (AvgIpc) is 2.75. The lowest BCUT2D eigenvalue weighted by molar-refractivity contribution is -0.385. The van der Waals surface area contributed by atoms with Crippen molar-refractivity contribution in [1.82, 2.24) is 0 Å². The van der Waals surface area contributed by atoms with Gasteiger partial charge in [-0.15, -0.1) is 0 Å². The van der Waals surface area contributed by atoms with Crippen molar-refractivity contribution in [3.63, 3.8) is 0 Å². The Kier molecular flexibility index (Phi) is 7.57. The van der Waals surface area contributed by atoms with E-state index in [0.717, 1.165) is 6.07 Å². The molecule has 0 aromatic heterocycles. The molecule has 11 heteroatoms. The molecule has 0 saturated heterocycles. The molecule has 2 aromatic carbocycles. The number of carbonyl (C=O) groups is 2. The molecule has 1 atom stereocenters. The molecule has 34 heavy (non-hydrogen) atoms. The van der Waals surface area contributed by atoms with Crippen molar-refractivity contribution in [3.8, 4) is 17.2 Å². The van der Waals surface area contributed by atoms with Crippen LogP contribution in [0.2, 0.25) is 10.0 Å². The lowest BCUT2D eigenvalue weighted by atomic mass is 9.93. The van der Waals surface area contributed by atoms with Crippen LogP contribution in [0.5, 0.6) is 17.2 Å². The number of nitro benzene ring substituents is 1. The monoisotopic (exact) mass is 511 g/mol. The zero-order chi connectivity index (χ0) is 25.2. The number of hydrogen-bond donors (Lipinski definition) is 0. The van der Waals surface area contributed by atoms with Gasteiger partial charge in [0.15, 0.2) is 5.75 Å². The van der Waals surface area contributed by atoms with Crippen LogP contribution in [0.4, 0.5) is 5.69 Å². The molecule has 0 amide bonds. The van der Waals surface area contributed by atoms with Crippen LogP contribution < -0.4 is 9.47 Å². The summed E-state index contributed by atoms with van der Waals surface area (Å²) in [4.78, 5) is 35.7. The van der Waals surface area contributed by atoms with E-state index in [-0.39, 0.29) is 46.1 Å². The topological polar surface area (TPSA) is 114 Å². The van der Waals surface area contributed by atoms with Gasteiger partial charge in [-0.3, -0.25) is 14.9 Å². The van der Waals surface area contributed by atoms with Crippen LogP contribution in [0, 0.1) is 10.1 Å². The minimum atomic E-state index is -0.771. The van der Waals surface area contributed by atoms with Crippen molar-refractivity contribution >= 4 is 40.8 Å². The Bertz CT molecular complexity index is 1140. The molecule has 1 aliphatic heterocycles. The maximum Gasteiger partial charge on any atom is 0.338 e. The molecule has 182 valence electrons. The van der Waals surface area contributed by atoms with Crippen LogP contribution >= 0.6 is 23.2 Å². The fourth-order valence-electron chi connectivity index (χ4n) is 3.34. The first-order valence-corrected chi connectivity index (χ1v) is 11.2. The fraction of sp³-hybridized carbons (Fsp3) is 0.391. The summed E-state index contributed by atoms with van der Waals surface area (Å²) in [5.74, 6) is -1.85. The number of fused-ring (bicyclic) bond motifs is 1. The summed E-state index contributed by atoms with van der Waals surface area (Å²) in [6.07, 6.45) is 0.385. The van der Waals surface area contributed by atoms with Gasteiger partial charge in [-0.05, 0) is 52.3 Å². The van der Waals surface area contributed by atoms with Crippen LogP contribution in [-0.4, -0.2) is 35.7 Å². The van der Waals surface area contributed by atoms with E-state index in [2.05, 4.69) is 0 Å². The average molecular weight is 512 g/mol. The van der Waals surface area contributed by atoms with E-state index in [9.17, 15) is 19.7 Å². The van der Waals surface area contributed by atoms with E-state index in [1.807, 2.05) is 0 Å². The first-order valence-electron chi connectivity index (χ1n) is 10.4. The first-order chi connectivity index (χ1) is 15.9. The maximum absolute atomic E-state index is 12.3. The molecule has 0 bridgehead atoms. The summed E-state index contributed by atoms with van der Waals surface area (Å²) < 4.78 is 21.8. The minimum absolute atomic E-state index is 0.0165. The summed E-state index contributed by atoms with van der Waals surface area (Å²) in [7, 11) is 0. The third kappa shape index (κ3) is 5.53. The largest absolute Gasteiger partial charge is 0.492 e. The normalized spacial score (nSPS) is 15.1. The molecule has 0 saturated carbocycles. The second-order valence-corrected chi connectivity index (χ2v) is 9.19. The predicted octanol–water partition coefficient (Wildman–Crippen LogP) is 6.08. The summed E-state index contributed by atoms with van der Waals surface area (Å²) in [6.45, 7) is 7.19. The van der Waals surface area contributed by atoms with Crippen LogP contribution in [0.3, 0.4) is 0 Å². The van der Waals surface area contributed by atoms with E-state index in [4.69, 9.17) is 42.1 Å². The van der Waals surface area contributed by atoms with Gasteiger partial charge in [0.2, 0.25) is 5.75 Å². The third-order valence-corrected chi connectivity index (χ3v) is 5.39. The van der Waals surface area contributed by atoms with Crippen molar-refractivity contribution in [3.05, 3.63) is 55.6 Å². The number of esters is 2. The number of carbonyl (C=O) groups excluding carboxylic acids is 2. The highest BCUT2D eigenvalue weighted by atomic mass is 35.5. The Morgan fingerprint density at radius 2 is 1.94 bits per heavy atom. The Hall–Kier alpha value is -3.04. The van der Waals surface area contributed by atoms with Gasteiger partial charge >= 0.3 is 17.6 Å². The molecule has 0 aliphatic carbocycles. The van der Waals surface area contributed by atoms with E-state index >= 15 is 0 Å². The second kappa shape index (κ2) is 10.1. The Morgan fingerprint density at radius 3 is 2.56 bits per heavy atom. The Labute approximate surface area is 206 Å². The zero-order valence-corrected chi connectivity index (χ0v) is 20.5. The molecular formula is C23H23Cl2NO8. The maximum atomic E-state index is 12.3. The van der Waals surface area contributed by atoms with Gasteiger partial charge in [-0.1, -0.05) is 23.2 Å². The van der Waals surface area contributed by atoms with Gasteiger partial charge in [0.1, 0.15) is 16.4 Å². The van der Waals surface area contributed by atoms with Gasteiger partial charge in [-0.2, -0.15) is 0 Å². The molecule has 0 fully saturated rings. The quantitative estimate of drug-likeness (QED) is 0.260. The van der Waals surface area contributed by atoms with Gasteiger partial charge in [-0.25, -0.2) is 4.79 Å². The second-order valence-electron chi connectivity index (χ2n) is 8.41. The summed E-state index contributed by atoms with van der Waals surface area (Å²) >= 11 is 12.9. The van der Waals surface area contributed by atoms with Crippen LogP contribution in [-0.2, 0) is 14.3 Å². The zero-order valence-electron chi connectivity index (χ0n) is 19.0. The molecule has 1 aliphatic rings. The van der Waals surface area contributed by atoms with E-state index in [1.54, 1.807) is 27.7 Å². The Balaban J connectivity index is 1.99. The van der Waals surface area contributed by atoms with Crippen molar-refractivity contribution < 1.29 is 33.5 Å². The van der Waals surface area contributed by atoms with Crippen molar-refractivity contribution in [2.75, 3.05) is 13.2 Å². The lowest BCUT2D eigenvalue weighted by Gasteiger charge is -2.26. The molecule has 1 unspecified atom stereocenters. The van der Waals surface area contributed by atoms with Crippen LogP contribution in [0.25, 0.3) is 0 Å². The molecule has 3 rings (SSSR count). The van der Waals surface area contributed by atoms with E-state index < -0.39 is 34.1 Å². The van der Waals surface area contributed by atoms with Crippen molar-refractivity contribution in [2.24, 2.45) is 0 Å². The number of nitro groups is 1. The highest BCUT2D eigenvalue weighted by Gasteiger charge is 2.33. The standard InChI is InChI=1S/C23H23Cl2NO8/c1-5-31-22(28)13-8-9-32-19-14(13)11-15(24)20(18(19)25)33-17-7-6-12(10-16(17)26(29)30)21(27)34-23(2,3)4/h6-7,10-11,13H,5,8-9H2,1-4H3. The SMILES string of the molecule is CCOC(=O)C1CCOc2c1cc(Cl)c(Oc1ccc(C(=O)OC(C)(C)C)cc1[N+](=O)[O-])c2Cl. The molecule has 9 nitrogen and oxygen atoms in total. The lowest BCUT2D eigenvalue weighted by Crippen LogP contribution is -2.24.